The van der Waals surface area contributed by atoms with E-state index in [1.807, 2.05) is 11.9 Å². The maximum absolute atomic E-state index is 12.5. The number of nitrogens with zero attached hydrogens (tertiary/aromatic N) is 1. The number of ether oxygens (including phenoxy) is 2. The first kappa shape index (κ1) is 15.7. The molecule has 0 aromatic carbocycles. The quantitative estimate of drug-likeness (QED) is 0.564. The molecule has 1 saturated heterocycles. The van der Waals surface area contributed by atoms with Crippen molar-refractivity contribution < 1.29 is 23.9 Å². The van der Waals surface area contributed by atoms with Gasteiger partial charge in [-0.3, -0.25) is 14.5 Å². The number of Topliss-reactive ketones (excluding diaryl/α,β-unsaturated/α-hetero) is 1. The number of fused-ring (bicyclic) bond motifs is 2. The summed E-state index contributed by atoms with van der Waals surface area (Å²) in [6, 6.07) is -0.388. The van der Waals surface area contributed by atoms with Crippen LogP contribution in [0.4, 0.5) is 0 Å². The molecule has 0 amide bonds. The highest BCUT2D eigenvalue weighted by molar-refractivity contribution is 6.09. The number of carbonyl (C=O) groups is 3. The Morgan fingerprint density at radius 2 is 1.81 bits per heavy atom. The molecule has 21 heavy (non-hydrogen) atoms. The molecule has 2 bridgehead atoms. The number of methoxy groups -OCH3 is 2. The molecule has 0 aromatic rings. The summed E-state index contributed by atoms with van der Waals surface area (Å²) in [5.74, 6) is -1.39. The van der Waals surface area contributed by atoms with Crippen molar-refractivity contribution in [1.29, 1.82) is 0 Å². The fourth-order valence-electron chi connectivity index (χ4n) is 4.01. The minimum absolute atomic E-state index is 0.111. The summed E-state index contributed by atoms with van der Waals surface area (Å²) in [4.78, 5) is 39.0. The second-order valence-electron chi connectivity index (χ2n) is 5.66. The van der Waals surface area contributed by atoms with Gasteiger partial charge in [0.1, 0.15) is 0 Å². The van der Waals surface area contributed by atoms with Crippen LogP contribution < -0.4 is 0 Å². The first-order valence-corrected chi connectivity index (χ1v) is 6.94. The minimum Gasteiger partial charge on any atom is -0.468 e. The minimum atomic E-state index is -1.42. The van der Waals surface area contributed by atoms with E-state index >= 15 is 0 Å². The second kappa shape index (κ2) is 5.26. The van der Waals surface area contributed by atoms with E-state index in [2.05, 4.69) is 0 Å². The molecule has 1 fully saturated rings. The Hall–Kier alpha value is -1.69. The summed E-state index contributed by atoms with van der Waals surface area (Å²) in [5.41, 5.74) is -0.534. The van der Waals surface area contributed by atoms with Crippen LogP contribution in [0.3, 0.4) is 0 Å². The van der Waals surface area contributed by atoms with Crippen LogP contribution in [-0.2, 0) is 23.9 Å². The Balaban J connectivity index is 2.76. The molecule has 0 N–H and O–H groups in total. The van der Waals surface area contributed by atoms with Crippen LogP contribution in [0, 0.1) is 5.41 Å². The Bertz CT molecular complexity index is 538. The van der Waals surface area contributed by atoms with Crippen molar-refractivity contribution in [2.24, 2.45) is 5.41 Å². The van der Waals surface area contributed by atoms with Gasteiger partial charge in [-0.15, -0.1) is 0 Å². The van der Waals surface area contributed by atoms with Gasteiger partial charge >= 0.3 is 11.9 Å². The predicted octanol–water partition coefficient (Wildman–Crippen LogP) is 0.701. The Labute approximate surface area is 124 Å². The second-order valence-corrected chi connectivity index (χ2v) is 5.66. The first-order valence-electron chi connectivity index (χ1n) is 6.94. The summed E-state index contributed by atoms with van der Waals surface area (Å²) < 4.78 is 9.77. The Morgan fingerprint density at radius 1 is 1.19 bits per heavy atom. The van der Waals surface area contributed by atoms with Crippen molar-refractivity contribution in [3.63, 3.8) is 0 Å². The maximum atomic E-state index is 12.5. The summed E-state index contributed by atoms with van der Waals surface area (Å²) in [7, 11) is 4.40. The van der Waals surface area contributed by atoms with Crippen molar-refractivity contribution in [3.8, 4) is 0 Å². The lowest BCUT2D eigenvalue weighted by Gasteiger charge is -2.45. The van der Waals surface area contributed by atoms with E-state index in [0.29, 0.717) is 17.6 Å². The lowest BCUT2D eigenvalue weighted by molar-refractivity contribution is -0.159. The smallest absolute Gasteiger partial charge is 0.335 e. The van der Waals surface area contributed by atoms with Gasteiger partial charge in [-0.05, 0) is 39.3 Å². The number of esters is 2. The molecule has 0 radical (unpaired) electrons. The average molecular weight is 295 g/mol. The van der Waals surface area contributed by atoms with E-state index in [-0.39, 0.29) is 17.9 Å². The lowest BCUT2D eigenvalue weighted by atomic mass is 9.67. The van der Waals surface area contributed by atoms with E-state index in [1.54, 1.807) is 6.92 Å². The Morgan fingerprint density at radius 3 is 2.29 bits per heavy atom. The highest BCUT2D eigenvalue weighted by Crippen LogP contribution is 2.50. The molecule has 0 aromatic heterocycles. The third kappa shape index (κ3) is 1.85. The topological polar surface area (TPSA) is 72.9 Å². The number of ketones is 1. The molecular formula is C15H21NO5. The molecule has 6 heteroatoms. The highest BCUT2D eigenvalue weighted by Gasteiger charge is 2.62. The van der Waals surface area contributed by atoms with Gasteiger partial charge < -0.3 is 9.47 Å². The van der Waals surface area contributed by atoms with Gasteiger partial charge in [-0.2, -0.15) is 0 Å². The molecule has 0 saturated carbocycles. The van der Waals surface area contributed by atoms with Gasteiger partial charge in [0.2, 0.25) is 0 Å². The van der Waals surface area contributed by atoms with Crippen molar-refractivity contribution >= 4 is 17.7 Å². The maximum Gasteiger partial charge on any atom is 0.335 e. The monoisotopic (exact) mass is 295 g/mol. The van der Waals surface area contributed by atoms with E-state index < -0.39 is 17.4 Å². The third-order valence-electron chi connectivity index (χ3n) is 4.99. The molecule has 0 spiro atoms. The van der Waals surface area contributed by atoms with Crippen LogP contribution in [0.5, 0.6) is 0 Å². The normalized spacial score (nSPS) is 32.0. The summed E-state index contributed by atoms with van der Waals surface area (Å²) in [5, 5.41) is 0. The van der Waals surface area contributed by atoms with Crippen LogP contribution in [0.2, 0.25) is 0 Å². The molecular weight excluding hydrogens is 274 g/mol. The van der Waals surface area contributed by atoms with Crippen LogP contribution in [-0.4, -0.2) is 56.0 Å². The van der Waals surface area contributed by atoms with Gasteiger partial charge in [-0.1, -0.05) is 0 Å². The van der Waals surface area contributed by atoms with Crippen molar-refractivity contribution in [2.45, 2.75) is 38.8 Å². The first-order chi connectivity index (χ1) is 9.83. The van der Waals surface area contributed by atoms with E-state index in [0.717, 1.165) is 6.42 Å². The zero-order valence-electron chi connectivity index (χ0n) is 13.1. The van der Waals surface area contributed by atoms with Gasteiger partial charge in [0, 0.05) is 12.1 Å². The molecule has 2 rings (SSSR count). The summed E-state index contributed by atoms with van der Waals surface area (Å²) >= 11 is 0. The number of likely N-dealkylation sites (N-methyl/N-ethyl adjacent to an activating group) is 1. The summed E-state index contributed by atoms with van der Waals surface area (Å²) in [6.45, 7) is 3.05. The van der Waals surface area contributed by atoms with E-state index in [9.17, 15) is 14.4 Å². The number of hydrogen-bond acceptors (Lipinski definition) is 6. The standard InChI is InChI=1S/C15H21NO5/c1-8-12(13(18)20-4)10-6-7-11(16(10)3)15(8,9(2)17)14(19)21-5/h10-11H,6-7H2,1-5H3/t10-,11-,15+/m0/s1. The molecule has 116 valence electrons. The largest absolute Gasteiger partial charge is 0.468 e. The van der Waals surface area contributed by atoms with Crippen LogP contribution in [0.25, 0.3) is 0 Å². The molecule has 2 aliphatic heterocycles. The van der Waals surface area contributed by atoms with E-state index in [4.69, 9.17) is 9.47 Å². The van der Waals surface area contributed by atoms with Gasteiger partial charge in [-0.25, -0.2) is 4.79 Å². The molecule has 0 aliphatic carbocycles. The third-order valence-corrected chi connectivity index (χ3v) is 4.99. The van der Waals surface area contributed by atoms with Crippen molar-refractivity contribution in [1.82, 2.24) is 4.90 Å². The molecule has 6 nitrogen and oxygen atoms in total. The zero-order valence-corrected chi connectivity index (χ0v) is 13.1. The lowest BCUT2D eigenvalue weighted by Crippen LogP contribution is -2.59. The van der Waals surface area contributed by atoms with Crippen molar-refractivity contribution in [2.75, 3.05) is 21.3 Å². The fraction of sp³-hybridized carbons (Fsp3) is 0.667. The highest BCUT2D eigenvalue weighted by atomic mass is 16.5. The number of rotatable bonds is 3. The van der Waals surface area contributed by atoms with Crippen LogP contribution in [0.15, 0.2) is 11.1 Å². The number of hydrogen-bond donors (Lipinski definition) is 0. The van der Waals surface area contributed by atoms with Gasteiger partial charge in [0.15, 0.2) is 11.2 Å². The molecule has 3 atom stereocenters. The SMILES string of the molecule is COC(=O)C1=C(C)[C@](C(C)=O)(C(=O)OC)[C@@H]2CC[C@@H]1N2C. The summed E-state index contributed by atoms with van der Waals surface area (Å²) in [6.07, 6.45) is 1.38. The predicted molar refractivity (Wildman–Crippen MR) is 74.4 cm³/mol. The fourth-order valence-corrected chi connectivity index (χ4v) is 4.01. The van der Waals surface area contributed by atoms with Crippen LogP contribution >= 0.6 is 0 Å². The molecule has 2 heterocycles. The average Bonchev–Trinajstić information content (AvgIpc) is 2.74. The zero-order chi connectivity index (χ0) is 15.9. The van der Waals surface area contributed by atoms with E-state index in [1.165, 1.54) is 21.1 Å². The molecule has 0 unspecified atom stereocenters. The molecule has 2 aliphatic rings. The Kier molecular flexibility index (Phi) is 3.93. The van der Waals surface area contributed by atoms with Crippen molar-refractivity contribution in [3.05, 3.63) is 11.1 Å². The van der Waals surface area contributed by atoms with Gasteiger partial charge in [0.25, 0.3) is 0 Å². The number of carbonyl (C=O) groups excluding carboxylic acids is 3. The van der Waals surface area contributed by atoms with Gasteiger partial charge in [0.05, 0.1) is 19.8 Å². The van der Waals surface area contributed by atoms with Crippen LogP contribution in [0.1, 0.15) is 26.7 Å².